The van der Waals surface area contributed by atoms with E-state index in [1.807, 2.05) is 42.5 Å². The molecule has 28 heavy (non-hydrogen) atoms. The van der Waals surface area contributed by atoms with Crippen molar-refractivity contribution in [3.05, 3.63) is 60.2 Å². The molecule has 3 aromatic rings. The Bertz CT molecular complexity index is 1020. The van der Waals surface area contributed by atoms with Gasteiger partial charge in [0.15, 0.2) is 0 Å². The molecule has 0 aliphatic rings. The number of carbonyl (C=O) groups is 2. The Morgan fingerprint density at radius 1 is 0.929 bits per heavy atom. The Hall–Kier alpha value is -3.54. The number of amides is 2. The van der Waals surface area contributed by atoms with E-state index in [1.165, 1.54) is 0 Å². The molecule has 6 heteroatoms. The second-order valence-corrected chi connectivity index (χ2v) is 6.41. The van der Waals surface area contributed by atoms with Crippen LogP contribution in [0.1, 0.15) is 17.3 Å². The van der Waals surface area contributed by atoms with Gasteiger partial charge in [-0.25, -0.2) is 0 Å². The zero-order valence-electron chi connectivity index (χ0n) is 16.0. The Kier molecular flexibility index (Phi) is 5.49. The van der Waals surface area contributed by atoms with Gasteiger partial charge in [-0.05, 0) is 53.6 Å². The lowest BCUT2D eigenvalue weighted by molar-refractivity contribution is -0.119. The topological polar surface area (TPSA) is 90.7 Å². The molecule has 0 bridgehead atoms. The summed E-state index contributed by atoms with van der Waals surface area (Å²) in [6.45, 7) is 1.55. The number of hydrogen-bond donors (Lipinski definition) is 2. The summed E-state index contributed by atoms with van der Waals surface area (Å²) in [7, 11) is 3.24. The van der Waals surface area contributed by atoms with Crippen LogP contribution in [0.15, 0.2) is 54.6 Å². The van der Waals surface area contributed by atoms with Crippen molar-refractivity contribution in [3.63, 3.8) is 0 Å². The van der Waals surface area contributed by atoms with Crippen LogP contribution in [0.3, 0.4) is 0 Å². The first kappa shape index (κ1) is 19.2. The van der Waals surface area contributed by atoms with Crippen molar-refractivity contribution >= 4 is 22.6 Å². The fourth-order valence-corrected chi connectivity index (χ4v) is 3.03. The highest BCUT2D eigenvalue weighted by molar-refractivity contribution is 6.01. The summed E-state index contributed by atoms with van der Waals surface area (Å²) in [5.41, 5.74) is 7.47. The van der Waals surface area contributed by atoms with Crippen LogP contribution in [0, 0.1) is 0 Å². The van der Waals surface area contributed by atoms with Gasteiger partial charge in [-0.3, -0.25) is 9.59 Å². The van der Waals surface area contributed by atoms with E-state index in [4.69, 9.17) is 15.2 Å². The molecule has 0 spiro atoms. The molecule has 0 fully saturated rings. The first-order valence-electron chi connectivity index (χ1n) is 8.80. The van der Waals surface area contributed by atoms with E-state index in [9.17, 15) is 9.59 Å². The predicted octanol–water partition coefficient (Wildman–Crippen LogP) is 3.13. The number of rotatable bonds is 6. The lowest BCUT2D eigenvalue weighted by atomic mass is 9.98. The third kappa shape index (κ3) is 3.76. The van der Waals surface area contributed by atoms with E-state index in [1.54, 1.807) is 33.3 Å². The van der Waals surface area contributed by atoms with Crippen LogP contribution in [0.5, 0.6) is 11.5 Å². The lowest BCUT2D eigenvalue weighted by Gasteiger charge is -2.14. The molecule has 0 aliphatic carbocycles. The maximum Gasteiger partial charge on any atom is 0.251 e. The zero-order chi connectivity index (χ0) is 20.3. The zero-order valence-corrected chi connectivity index (χ0v) is 16.0. The number of ether oxygens (including phenoxy) is 2. The highest BCUT2D eigenvalue weighted by atomic mass is 16.5. The molecule has 6 nitrogen and oxygen atoms in total. The first-order valence-corrected chi connectivity index (χ1v) is 8.80. The van der Waals surface area contributed by atoms with E-state index in [-0.39, 0.29) is 5.91 Å². The van der Waals surface area contributed by atoms with Gasteiger partial charge in [-0.15, -0.1) is 0 Å². The average Bonchev–Trinajstić information content (AvgIpc) is 2.72. The summed E-state index contributed by atoms with van der Waals surface area (Å²) in [6, 6.07) is 16.2. The van der Waals surface area contributed by atoms with Gasteiger partial charge in [0.1, 0.15) is 17.5 Å². The molecule has 0 saturated heterocycles. The molecule has 144 valence electrons. The van der Waals surface area contributed by atoms with Crippen molar-refractivity contribution in [3.8, 4) is 22.6 Å². The van der Waals surface area contributed by atoms with Gasteiger partial charge in [-0.1, -0.05) is 24.3 Å². The van der Waals surface area contributed by atoms with Crippen molar-refractivity contribution < 1.29 is 19.1 Å². The minimum atomic E-state index is -0.733. The molecule has 1 atom stereocenters. The number of fused-ring (bicyclic) bond motifs is 1. The molecule has 0 unspecified atom stereocenters. The van der Waals surface area contributed by atoms with Gasteiger partial charge < -0.3 is 20.5 Å². The van der Waals surface area contributed by atoms with Crippen molar-refractivity contribution in [2.24, 2.45) is 5.73 Å². The van der Waals surface area contributed by atoms with Crippen LogP contribution in [0.4, 0.5) is 0 Å². The normalized spacial score (nSPS) is 11.7. The summed E-state index contributed by atoms with van der Waals surface area (Å²) in [4.78, 5) is 23.4. The van der Waals surface area contributed by atoms with Crippen LogP contribution in [0.2, 0.25) is 0 Å². The van der Waals surface area contributed by atoms with E-state index < -0.39 is 11.9 Å². The number of primary amides is 1. The summed E-state index contributed by atoms with van der Waals surface area (Å²) in [5.74, 6) is 0.512. The highest BCUT2D eigenvalue weighted by Gasteiger charge is 2.15. The second kappa shape index (κ2) is 8.00. The third-order valence-corrected chi connectivity index (χ3v) is 4.59. The van der Waals surface area contributed by atoms with Gasteiger partial charge in [-0.2, -0.15) is 0 Å². The van der Waals surface area contributed by atoms with Crippen LogP contribution in [-0.2, 0) is 4.79 Å². The molecular formula is C22H22N2O4. The Morgan fingerprint density at radius 3 is 2.14 bits per heavy atom. The molecule has 2 amide bonds. The van der Waals surface area contributed by atoms with Crippen molar-refractivity contribution in [2.75, 3.05) is 14.2 Å². The van der Waals surface area contributed by atoms with Crippen LogP contribution in [-0.4, -0.2) is 32.1 Å². The molecule has 0 saturated carbocycles. The third-order valence-electron chi connectivity index (χ3n) is 4.59. The molecule has 0 heterocycles. The molecular weight excluding hydrogens is 356 g/mol. The monoisotopic (exact) mass is 378 g/mol. The molecule has 0 aromatic heterocycles. The Labute approximate surface area is 163 Å². The first-order chi connectivity index (χ1) is 13.4. The van der Waals surface area contributed by atoms with Crippen LogP contribution in [0.25, 0.3) is 21.9 Å². The van der Waals surface area contributed by atoms with Crippen molar-refractivity contribution in [1.82, 2.24) is 5.32 Å². The quantitative estimate of drug-likeness (QED) is 0.689. The van der Waals surface area contributed by atoms with Crippen molar-refractivity contribution in [2.45, 2.75) is 13.0 Å². The van der Waals surface area contributed by atoms with Crippen LogP contribution >= 0.6 is 0 Å². The molecule has 3 aromatic carbocycles. The number of methoxy groups -OCH3 is 2. The van der Waals surface area contributed by atoms with Gasteiger partial charge >= 0.3 is 0 Å². The standard InChI is InChI=1S/C22H22N2O4/c1-13(21(23)25)24-22(26)17-10-8-14-11-16(9-7-15(14)12-17)20-18(27-2)5-4-6-19(20)28-3/h4-13H,1-3H3,(H2,23,25)(H,24,26)/t13-/m0/s1. The molecule has 0 aliphatic heterocycles. The second-order valence-electron chi connectivity index (χ2n) is 6.41. The number of nitrogens with one attached hydrogen (secondary N) is 1. The van der Waals surface area contributed by atoms with E-state index in [2.05, 4.69) is 5.32 Å². The average molecular weight is 378 g/mol. The van der Waals surface area contributed by atoms with Gasteiger partial charge in [0, 0.05) is 5.56 Å². The minimum absolute atomic E-state index is 0.344. The lowest BCUT2D eigenvalue weighted by Crippen LogP contribution is -2.42. The van der Waals surface area contributed by atoms with Gasteiger partial charge in [0.2, 0.25) is 5.91 Å². The van der Waals surface area contributed by atoms with Gasteiger partial charge in [0.25, 0.3) is 5.91 Å². The number of benzene rings is 3. The maximum atomic E-state index is 12.3. The van der Waals surface area contributed by atoms with E-state index in [0.717, 1.165) is 33.4 Å². The van der Waals surface area contributed by atoms with Gasteiger partial charge in [0.05, 0.1) is 19.8 Å². The molecule has 3 rings (SSSR count). The van der Waals surface area contributed by atoms with Crippen molar-refractivity contribution in [1.29, 1.82) is 0 Å². The highest BCUT2D eigenvalue weighted by Crippen LogP contribution is 2.39. The number of carbonyl (C=O) groups excluding carboxylic acids is 2. The van der Waals surface area contributed by atoms with Crippen LogP contribution < -0.4 is 20.5 Å². The summed E-state index contributed by atoms with van der Waals surface area (Å²) in [5, 5.41) is 4.44. The van der Waals surface area contributed by atoms with E-state index in [0.29, 0.717) is 5.56 Å². The summed E-state index contributed by atoms with van der Waals surface area (Å²) < 4.78 is 11.0. The fraction of sp³-hybridized carbons (Fsp3) is 0.182. The molecule has 3 N–H and O–H groups in total. The largest absolute Gasteiger partial charge is 0.496 e. The smallest absolute Gasteiger partial charge is 0.251 e. The molecule has 0 radical (unpaired) electrons. The number of hydrogen-bond acceptors (Lipinski definition) is 4. The SMILES string of the molecule is COc1cccc(OC)c1-c1ccc2cc(C(=O)N[C@@H](C)C(N)=O)ccc2c1. The predicted molar refractivity (Wildman–Crippen MR) is 109 cm³/mol. The number of nitrogens with two attached hydrogens (primary N) is 1. The summed E-state index contributed by atoms with van der Waals surface area (Å²) in [6.07, 6.45) is 0. The maximum absolute atomic E-state index is 12.3. The minimum Gasteiger partial charge on any atom is -0.496 e. The Morgan fingerprint density at radius 2 is 1.54 bits per heavy atom. The van der Waals surface area contributed by atoms with E-state index >= 15 is 0 Å². The Balaban J connectivity index is 1.99. The summed E-state index contributed by atoms with van der Waals surface area (Å²) >= 11 is 0. The fourth-order valence-electron chi connectivity index (χ4n) is 3.03.